The van der Waals surface area contributed by atoms with Gasteiger partial charge in [0.25, 0.3) is 0 Å². The van der Waals surface area contributed by atoms with Crippen molar-refractivity contribution in [1.29, 1.82) is 0 Å². The third-order valence-corrected chi connectivity index (χ3v) is 2.69. The molecule has 2 N–H and O–H groups in total. The normalized spacial score (nSPS) is 20.5. The molecule has 0 saturated carbocycles. The molecular weight excluding hydrogens is 190 g/mol. The van der Waals surface area contributed by atoms with Gasteiger partial charge in [-0.15, -0.1) is 0 Å². The fourth-order valence-electron chi connectivity index (χ4n) is 1.83. The summed E-state index contributed by atoms with van der Waals surface area (Å²) in [4.78, 5) is 0. The van der Waals surface area contributed by atoms with Crippen molar-refractivity contribution in [1.82, 2.24) is 5.32 Å². The minimum atomic E-state index is 0.0683. The molecule has 3 nitrogen and oxygen atoms in total. The average Bonchev–Trinajstić information content (AvgIpc) is 2.79. The van der Waals surface area contributed by atoms with Crippen LogP contribution in [0.25, 0.3) is 0 Å². The van der Waals surface area contributed by atoms with Gasteiger partial charge in [0, 0.05) is 6.04 Å². The molecule has 0 aliphatic carbocycles. The van der Waals surface area contributed by atoms with E-state index in [4.69, 9.17) is 9.84 Å². The third kappa shape index (κ3) is 2.94. The molecule has 1 aromatic carbocycles. The van der Waals surface area contributed by atoms with Gasteiger partial charge in [-0.05, 0) is 37.1 Å². The first kappa shape index (κ1) is 10.5. The maximum absolute atomic E-state index is 8.97. The maximum atomic E-state index is 8.97. The summed E-state index contributed by atoms with van der Waals surface area (Å²) in [7, 11) is 0. The Morgan fingerprint density at radius 1 is 1.47 bits per heavy atom. The second kappa shape index (κ2) is 5.14. The van der Waals surface area contributed by atoms with Crippen molar-refractivity contribution < 1.29 is 9.84 Å². The minimum absolute atomic E-state index is 0.0683. The second-order valence-electron chi connectivity index (χ2n) is 3.91. The molecule has 1 heterocycles. The Bertz CT molecular complexity index is 308. The van der Waals surface area contributed by atoms with Crippen LogP contribution in [-0.2, 0) is 6.61 Å². The van der Waals surface area contributed by atoms with Crippen LogP contribution in [0.4, 0.5) is 0 Å². The van der Waals surface area contributed by atoms with Gasteiger partial charge >= 0.3 is 0 Å². The second-order valence-corrected chi connectivity index (χ2v) is 3.91. The molecule has 0 unspecified atom stereocenters. The van der Waals surface area contributed by atoms with Crippen LogP contribution in [0, 0.1) is 0 Å². The number of aliphatic hydroxyl groups is 1. The van der Waals surface area contributed by atoms with E-state index in [9.17, 15) is 0 Å². The number of rotatable bonds is 4. The topological polar surface area (TPSA) is 41.5 Å². The molecule has 0 amide bonds. The Morgan fingerprint density at radius 2 is 2.40 bits per heavy atom. The Labute approximate surface area is 90.1 Å². The Hall–Kier alpha value is -1.06. The predicted molar refractivity (Wildman–Crippen MR) is 58.9 cm³/mol. The highest BCUT2D eigenvalue weighted by molar-refractivity contribution is 5.28. The Morgan fingerprint density at radius 3 is 3.13 bits per heavy atom. The zero-order valence-corrected chi connectivity index (χ0v) is 8.78. The summed E-state index contributed by atoms with van der Waals surface area (Å²) in [5, 5.41) is 12.4. The van der Waals surface area contributed by atoms with E-state index >= 15 is 0 Å². The third-order valence-electron chi connectivity index (χ3n) is 2.69. The van der Waals surface area contributed by atoms with E-state index in [-0.39, 0.29) is 6.61 Å². The molecule has 1 saturated heterocycles. The first-order valence-corrected chi connectivity index (χ1v) is 5.44. The molecule has 82 valence electrons. The largest absolute Gasteiger partial charge is 0.492 e. The standard InChI is InChI=1S/C12H17NO2/c14-8-10-3-1-5-12(7-10)15-9-11-4-2-6-13-11/h1,3,5,7,11,13-14H,2,4,6,8-9H2/t11-/m0/s1. The molecule has 1 atom stereocenters. The van der Waals surface area contributed by atoms with E-state index in [0.717, 1.165) is 24.5 Å². The Balaban J connectivity index is 1.86. The fraction of sp³-hybridized carbons (Fsp3) is 0.500. The monoisotopic (exact) mass is 207 g/mol. The summed E-state index contributed by atoms with van der Waals surface area (Å²) in [5.41, 5.74) is 0.895. The molecule has 0 aromatic heterocycles. The molecule has 1 aromatic rings. The van der Waals surface area contributed by atoms with Gasteiger partial charge in [-0.2, -0.15) is 0 Å². The average molecular weight is 207 g/mol. The van der Waals surface area contributed by atoms with E-state index in [1.54, 1.807) is 0 Å². The van der Waals surface area contributed by atoms with Crippen molar-refractivity contribution in [2.75, 3.05) is 13.2 Å². The lowest BCUT2D eigenvalue weighted by atomic mass is 10.2. The number of benzene rings is 1. The van der Waals surface area contributed by atoms with Crippen molar-refractivity contribution >= 4 is 0 Å². The molecular formula is C12H17NO2. The van der Waals surface area contributed by atoms with Crippen molar-refractivity contribution in [2.45, 2.75) is 25.5 Å². The predicted octanol–water partition coefficient (Wildman–Crippen LogP) is 1.31. The summed E-state index contributed by atoms with van der Waals surface area (Å²) in [6, 6.07) is 8.09. The van der Waals surface area contributed by atoms with E-state index in [1.807, 2.05) is 24.3 Å². The van der Waals surface area contributed by atoms with Gasteiger partial charge in [0.1, 0.15) is 12.4 Å². The van der Waals surface area contributed by atoms with Crippen LogP contribution in [-0.4, -0.2) is 24.3 Å². The van der Waals surface area contributed by atoms with Crippen molar-refractivity contribution in [3.63, 3.8) is 0 Å². The van der Waals surface area contributed by atoms with Gasteiger partial charge in [-0.25, -0.2) is 0 Å². The smallest absolute Gasteiger partial charge is 0.119 e. The summed E-state index contributed by atoms with van der Waals surface area (Å²) < 4.78 is 5.66. The lowest BCUT2D eigenvalue weighted by Gasteiger charge is -2.12. The van der Waals surface area contributed by atoms with Crippen LogP contribution in [0.3, 0.4) is 0 Å². The lowest BCUT2D eigenvalue weighted by molar-refractivity contribution is 0.270. The van der Waals surface area contributed by atoms with Crippen LogP contribution in [0.15, 0.2) is 24.3 Å². The van der Waals surface area contributed by atoms with Crippen LogP contribution < -0.4 is 10.1 Å². The first-order chi connectivity index (χ1) is 7.38. The van der Waals surface area contributed by atoms with Gasteiger partial charge in [0.15, 0.2) is 0 Å². The maximum Gasteiger partial charge on any atom is 0.119 e. The zero-order valence-electron chi connectivity index (χ0n) is 8.78. The van der Waals surface area contributed by atoms with E-state index in [0.29, 0.717) is 6.04 Å². The molecule has 2 rings (SSSR count). The molecule has 1 aliphatic rings. The highest BCUT2D eigenvalue weighted by Gasteiger charge is 2.14. The van der Waals surface area contributed by atoms with E-state index < -0.39 is 0 Å². The van der Waals surface area contributed by atoms with Gasteiger partial charge < -0.3 is 15.2 Å². The number of hydrogen-bond donors (Lipinski definition) is 2. The van der Waals surface area contributed by atoms with Crippen molar-refractivity contribution in [3.8, 4) is 5.75 Å². The highest BCUT2D eigenvalue weighted by atomic mass is 16.5. The van der Waals surface area contributed by atoms with Crippen LogP contribution in [0.5, 0.6) is 5.75 Å². The molecule has 3 heteroatoms. The quantitative estimate of drug-likeness (QED) is 0.782. The number of hydrogen-bond acceptors (Lipinski definition) is 3. The number of ether oxygens (including phenoxy) is 1. The van der Waals surface area contributed by atoms with Crippen LogP contribution in [0.1, 0.15) is 18.4 Å². The van der Waals surface area contributed by atoms with Crippen LogP contribution in [0.2, 0.25) is 0 Å². The summed E-state index contributed by atoms with van der Waals surface area (Å²) in [6.07, 6.45) is 2.43. The molecule has 0 spiro atoms. The van der Waals surface area contributed by atoms with Gasteiger partial charge in [-0.1, -0.05) is 12.1 Å². The molecule has 0 radical (unpaired) electrons. The fourth-order valence-corrected chi connectivity index (χ4v) is 1.83. The van der Waals surface area contributed by atoms with Gasteiger partial charge in [0.05, 0.1) is 6.61 Å². The Kier molecular flexibility index (Phi) is 3.59. The molecule has 0 bridgehead atoms. The van der Waals surface area contributed by atoms with E-state index in [1.165, 1.54) is 12.8 Å². The van der Waals surface area contributed by atoms with Crippen molar-refractivity contribution in [2.24, 2.45) is 0 Å². The molecule has 1 fully saturated rings. The highest BCUT2D eigenvalue weighted by Crippen LogP contribution is 2.14. The van der Waals surface area contributed by atoms with Gasteiger partial charge in [-0.3, -0.25) is 0 Å². The first-order valence-electron chi connectivity index (χ1n) is 5.44. The number of nitrogens with one attached hydrogen (secondary N) is 1. The van der Waals surface area contributed by atoms with E-state index in [2.05, 4.69) is 5.32 Å². The molecule has 1 aliphatic heterocycles. The molecule has 15 heavy (non-hydrogen) atoms. The summed E-state index contributed by atoms with van der Waals surface area (Å²) in [6.45, 7) is 1.89. The number of aliphatic hydroxyl groups excluding tert-OH is 1. The minimum Gasteiger partial charge on any atom is -0.492 e. The van der Waals surface area contributed by atoms with Crippen molar-refractivity contribution in [3.05, 3.63) is 29.8 Å². The van der Waals surface area contributed by atoms with Crippen LogP contribution >= 0.6 is 0 Å². The SMILES string of the molecule is OCc1cccc(OC[C@@H]2CCCN2)c1. The lowest BCUT2D eigenvalue weighted by Crippen LogP contribution is -2.28. The van der Waals surface area contributed by atoms with Gasteiger partial charge in [0.2, 0.25) is 0 Å². The summed E-state index contributed by atoms with van der Waals surface area (Å²) in [5.74, 6) is 0.843. The zero-order chi connectivity index (χ0) is 10.5. The summed E-state index contributed by atoms with van der Waals surface area (Å²) >= 11 is 0.